The van der Waals surface area contributed by atoms with E-state index >= 15 is 0 Å². The fourth-order valence-electron chi connectivity index (χ4n) is 3.64. The van der Waals surface area contributed by atoms with Gasteiger partial charge in [0.2, 0.25) is 5.91 Å². The number of nitrogens with zero attached hydrogens (tertiary/aromatic N) is 1. The molecule has 0 unspecified atom stereocenters. The number of nitrogens with one attached hydrogen (secondary N) is 1. The smallest absolute Gasteiger partial charge is 0.294 e. The molecule has 1 saturated heterocycles. The number of carbonyl (C=O) groups excluding carboxylic acids is 3. The van der Waals surface area contributed by atoms with E-state index in [2.05, 4.69) is 11.9 Å². The summed E-state index contributed by atoms with van der Waals surface area (Å²) in [4.78, 5) is 39.0. The number of thioether (sulfide) groups is 1. The highest BCUT2D eigenvalue weighted by molar-refractivity contribution is 8.18. The van der Waals surface area contributed by atoms with Gasteiger partial charge in [-0.3, -0.25) is 19.3 Å². The van der Waals surface area contributed by atoms with Crippen molar-refractivity contribution in [3.63, 3.8) is 0 Å². The topological polar surface area (TPSA) is 84.9 Å². The van der Waals surface area contributed by atoms with Crippen LogP contribution in [0.2, 0.25) is 0 Å². The molecule has 1 aliphatic rings. The Morgan fingerprint density at radius 1 is 1.09 bits per heavy atom. The number of amides is 3. The van der Waals surface area contributed by atoms with E-state index in [-0.39, 0.29) is 11.4 Å². The Morgan fingerprint density at radius 2 is 1.79 bits per heavy atom. The summed E-state index contributed by atoms with van der Waals surface area (Å²) in [6, 6.07) is 9.23. The third kappa shape index (κ3) is 5.64. The lowest BCUT2D eigenvalue weighted by atomic mass is 10.0. The fraction of sp³-hybridized carbons (Fsp3) is 0.240. The van der Waals surface area contributed by atoms with Crippen LogP contribution in [0, 0.1) is 13.8 Å². The Kier molecular flexibility index (Phi) is 7.60. The largest absolute Gasteiger partial charge is 0.493 e. The molecule has 2 aromatic carbocycles. The van der Waals surface area contributed by atoms with Gasteiger partial charge in [-0.25, -0.2) is 0 Å². The van der Waals surface area contributed by atoms with Crippen molar-refractivity contribution in [3.05, 3.63) is 70.1 Å². The van der Waals surface area contributed by atoms with Crippen molar-refractivity contribution < 1.29 is 23.9 Å². The Labute approximate surface area is 197 Å². The maximum absolute atomic E-state index is 12.9. The second-order valence-corrected chi connectivity index (χ2v) is 8.59. The molecule has 0 saturated carbocycles. The molecular weight excluding hydrogens is 440 g/mol. The number of imide groups is 1. The van der Waals surface area contributed by atoms with Crippen molar-refractivity contribution >= 4 is 40.6 Å². The van der Waals surface area contributed by atoms with E-state index in [0.29, 0.717) is 29.2 Å². The maximum atomic E-state index is 12.9. The van der Waals surface area contributed by atoms with Crippen LogP contribution in [0.3, 0.4) is 0 Å². The molecule has 0 aliphatic carbocycles. The van der Waals surface area contributed by atoms with E-state index in [1.54, 1.807) is 25.3 Å². The third-order valence-corrected chi connectivity index (χ3v) is 5.83. The molecule has 1 heterocycles. The molecule has 172 valence electrons. The number of rotatable bonds is 8. The summed E-state index contributed by atoms with van der Waals surface area (Å²) in [7, 11) is 3.08. The van der Waals surface area contributed by atoms with Gasteiger partial charge in [0, 0.05) is 11.3 Å². The highest BCUT2D eigenvalue weighted by Gasteiger charge is 2.36. The predicted octanol–water partition coefficient (Wildman–Crippen LogP) is 4.72. The lowest BCUT2D eigenvalue weighted by Gasteiger charge is -2.14. The van der Waals surface area contributed by atoms with E-state index in [4.69, 9.17) is 9.47 Å². The lowest BCUT2D eigenvalue weighted by molar-refractivity contribution is -0.127. The molecule has 2 aromatic rings. The van der Waals surface area contributed by atoms with Crippen molar-refractivity contribution in [3.8, 4) is 11.5 Å². The van der Waals surface area contributed by atoms with Crippen molar-refractivity contribution in [1.29, 1.82) is 0 Å². The van der Waals surface area contributed by atoms with E-state index < -0.39 is 17.1 Å². The van der Waals surface area contributed by atoms with Crippen molar-refractivity contribution in [2.75, 3.05) is 26.1 Å². The Morgan fingerprint density at radius 3 is 2.39 bits per heavy atom. The van der Waals surface area contributed by atoms with Crippen LogP contribution in [0.4, 0.5) is 10.5 Å². The molecule has 0 radical (unpaired) electrons. The van der Waals surface area contributed by atoms with Gasteiger partial charge in [-0.15, -0.1) is 6.58 Å². The van der Waals surface area contributed by atoms with Crippen LogP contribution < -0.4 is 14.8 Å². The first-order chi connectivity index (χ1) is 15.7. The van der Waals surface area contributed by atoms with Crippen molar-refractivity contribution in [2.24, 2.45) is 0 Å². The van der Waals surface area contributed by atoms with Gasteiger partial charge in [0.15, 0.2) is 11.5 Å². The van der Waals surface area contributed by atoms with E-state index in [1.165, 1.54) is 7.11 Å². The number of anilines is 1. The molecule has 0 spiro atoms. The standard InChI is InChI=1S/C25H26N2O5S/c1-6-7-18-11-17(12-20(31-4)23(18)32-5)13-21-24(29)27(25(30)33-21)14-22(28)26-19-9-15(2)8-16(3)10-19/h6,8-13H,1,7,14H2,2-5H3,(H,26,28)/b21-13-. The average molecular weight is 467 g/mol. The van der Waals surface area contributed by atoms with Crippen LogP contribution in [0.15, 0.2) is 47.9 Å². The number of ether oxygens (including phenoxy) is 2. The van der Waals surface area contributed by atoms with Crippen LogP contribution in [0.5, 0.6) is 11.5 Å². The van der Waals surface area contributed by atoms with E-state index in [0.717, 1.165) is 33.4 Å². The van der Waals surface area contributed by atoms with Crippen LogP contribution in [-0.2, 0) is 16.0 Å². The van der Waals surface area contributed by atoms with Crippen LogP contribution in [0.1, 0.15) is 22.3 Å². The summed E-state index contributed by atoms with van der Waals surface area (Å²) >= 11 is 0.799. The summed E-state index contributed by atoms with van der Waals surface area (Å²) in [5.74, 6) is 0.143. The molecule has 3 rings (SSSR count). The number of carbonyl (C=O) groups is 3. The minimum Gasteiger partial charge on any atom is -0.493 e. The number of allylic oxidation sites excluding steroid dienone is 1. The quantitative estimate of drug-likeness (QED) is 0.447. The molecular formula is C25H26N2O5S. The van der Waals surface area contributed by atoms with Crippen LogP contribution in [-0.4, -0.2) is 42.7 Å². The first-order valence-corrected chi connectivity index (χ1v) is 11.1. The number of benzene rings is 2. The summed E-state index contributed by atoms with van der Waals surface area (Å²) in [6.07, 6.45) is 3.89. The Hall–Kier alpha value is -3.52. The molecule has 0 atom stereocenters. The molecule has 3 amide bonds. The van der Waals surface area contributed by atoms with Crippen molar-refractivity contribution in [1.82, 2.24) is 4.90 Å². The molecule has 0 bridgehead atoms. The first kappa shape index (κ1) is 24.1. The zero-order valence-corrected chi connectivity index (χ0v) is 19.9. The molecule has 33 heavy (non-hydrogen) atoms. The van der Waals surface area contributed by atoms with Gasteiger partial charge in [0.05, 0.1) is 19.1 Å². The second-order valence-electron chi connectivity index (χ2n) is 7.60. The van der Waals surface area contributed by atoms with Crippen LogP contribution >= 0.6 is 11.8 Å². The molecule has 7 nitrogen and oxygen atoms in total. The van der Waals surface area contributed by atoms with Crippen LogP contribution in [0.25, 0.3) is 6.08 Å². The number of methoxy groups -OCH3 is 2. The maximum Gasteiger partial charge on any atom is 0.294 e. The number of hydrogen-bond donors (Lipinski definition) is 1. The number of aryl methyl sites for hydroxylation is 2. The summed E-state index contributed by atoms with van der Waals surface area (Å²) in [5, 5.41) is 2.26. The second kappa shape index (κ2) is 10.4. The van der Waals surface area contributed by atoms with Gasteiger partial charge >= 0.3 is 0 Å². The van der Waals surface area contributed by atoms with E-state index in [9.17, 15) is 14.4 Å². The molecule has 8 heteroatoms. The SMILES string of the molecule is C=CCc1cc(/C=C2\SC(=O)N(CC(=O)Nc3cc(C)cc(C)c3)C2=O)cc(OC)c1OC. The summed E-state index contributed by atoms with van der Waals surface area (Å²) < 4.78 is 10.8. The highest BCUT2D eigenvalue weighted by atomic mass is 32.2. The molecule has 1 N–H and O–H groups in total. The van der Waals surface area contributed by atoms with Gasteiger partial charge in [-0.1, -0.05) is 12.1 Å². The molecule has 1 fully saturated rings. The van der Waals surface area contributed by atoms with E-state index in [1.807, 2.05) is 38.1 Å². The predicted molar refractivity (Wildman–Crippen MR) is 131 cm³/mol. The zero-order valence-electron chi connectivity index (χ0n) is 19.1. The highest BCUT2D eigenvalue weighted by Crippen LogP contribution is 2.37. The Balaban J connectivity index is 1.80. The average Bonchev–Trinajstić information content (AvgIpc) is 3.00. The van der Waals surface area contributed by atoms with Crippen molar-refractivity contribution in [2.45, 2.75) is 20.3 Å². The van der Waals surface area contributed by atoms with Gasteiger partial charge < -0.3 is 14.8 Å². The third-order valence-electron chi connectivity index (χ3n) is 4.92. The first-order valence-electron chi connectivity index (χ1n) is 10.2. The van der Waals surface area contributed by atoms with Gasteiger partial charge in [0.25, 0.3) is 11.1 Å². The monoisotopic (exact) mass is 466 g/mol. The van der Waals surface area contributed by atoms with Gasteiger partial charge in [-0.05, 0) is 79.1 Å². The summed E-state index contributed by atoms with van der Waals surface area (Å²) in [6.45, 7) is 7.26. The normalized spacial score (nSPS) is 14.5. The molecule has 0 aromatic heterocycles. The minimum absolute atomic E-state index is 0.232. The fourth-order valence-corrected chi connectivity index (χ4v) is 4.47. The molecule has 1 aliphatic heterocycles. The van der Waals surface area contributed by atoms with Gasteiger partial charge in [0.1, 0.15) is 6.54 Å². The number of hydrogen-bond acceptors (Lipinski definition) is 6. The summed E-state index contributed by atoms with van der Waals surface area (Å²) in [5.41, 5.74) is 4.15. The lowest BCUT2D eigenvalue weighted by Crippen LogP contribution is -2.36. The minimum atomic E-state index is -0.513. The zero-order chi connectivity index (χ0) is 24.1. The Bertz CT molecular complexity index is 1140. The van der Waals surface area contributed by atoms with Gasteiger partial charge in [-0.2, -0.15) is 0 Å².